The number of esters is 2. The Hall–Kier alpha value is -4.58. The van der Waals surface area contributed by atoms with Gasteiger partial charge in [0.15, 0.2) is 0 Å². The van der Waals surface area contributed by atoms with Crippen LogP contribution < -0.4 is 10.6 Å². The number of methoxy groups -OCH3 is 2. The molecular weight excluding hydrogens is 460 g/mol. The number of carbonyl (C=O) groups excluding carboxylic acids is 3. The summed E-state index contributed by atoms with van der Waals surface area (Å²) >= 11 is 0. The van der Waals surface area contributed by atoms with Gasteiger partial charge < -0.3 is 20.1 Å². The monoisotopic (exact) mass is 486 g/mol. The quantitative estimate of drug-likeness (QED) is 0.640. The predicted octanol–water partition coefficient (Wildman–Crippen LogP) is 2.82. The van der Waals surface area contributed by atoms with Crippen molar-refractivity contribution in [3.05, 3.63) is 88.4 Å². The van der Waals surface area contributed by atoms with Gasteiger partial charge in [0.25, 0.3) is 5.91 Å². The van der Waals surface area contributed by atoms with Crippen molar-refractivity contribution >= 4 is 23.5 Å². The fourth-order valence-corrected chi connectivity index (χ4v) is 4.70. The molecule has 2 aromatic carbocycles. The smallest absolute Gasteiger partial charge is 0.355 e. The van der Waals surface area contributed by atoms with E-state index in [2.05, 4.69) is 6.07 Å². The molecule has 1 atom stereocenters. The second-order valence-electron chi connectivity index (χ2n) is 8.35. The van der Waals surface area contributed by atoms with Crippen LogP contribution in [0.15, 0.2) is 77.3 Å². The number of carbonyl (C=O) groups is 3. The zero-order valence-electron chi connectivity index (χ0n) is 20.1. The minimum absolute atomic E-state index is 0.0395. The van der Waals surface area contributed by atoms with Crippen LogP contribution >= 0.6 is 0 Å². The first-order valence-electron chi connectivity index (χ1n) is 11.5. The van der Waals surface area contributed by atoms with Gasteiger partial charge >= 0.3 is 11.9 Å². The van der Waals surface area contributed by atoms with Crippen LogP contribution in [0.25, 0.3) is 0 Å². The Labute approximate surface area is 209 Å². The molecule has 1 unspecified atom stereocenters. The van der Waals surface area contributed by atoms with Crippen molar-refractivity contribution in [2.45, 2.75) is 18.8 Å². The molecule has 2 aromatic rings. The Kier molecular flexibility index (Phi) is 7.06. The van der Waals surface area contributed by atoms with Gasteiger partial charge in [0.1, 0.15) is 11.5 Å². The maximum atomic E-state index is 13.4. The van der Waals surface area contributed by atoms with E-state index in [-0.39, 0.29) is 39.8 Å². The van der Waals surface area contributed by atoms with Crippen LogP contribution in [-0.2, 0) is 19.1 Å². The van der Waals surface area contributed by atoms with Crippen molar-refractivity contribution in [2.24, 2.45) is 5.73 Å². The summed E-state index contributed by atoms with van der Waals surface area (Å²) in [4.78, 5) is 42.9. The number of nitriles is 1. The second-order valence-corrected chi connectivity index (χ2v) is 8.35. The van der Waals surface area contributed by atoms with E-state index < -0.39 is 17.9 Å². The summed E-state index contributed by atoms with van der Waals surface area (Å²) in [7, 11) is 2.37. The summed E-state index contributed by atoms with van der Waals surface area (Å²) in [5, 5.41) is 10.2. The zero-order valence-corrected chi connectivity index (χ0v) is 20.1. The second kappa shape index (κ2) is 10.4. The molecule has 0 radical (unpaired) electrons. The molecular formula is C27H26N4O5. The first-order chi connectivity index (χ1) is 17.4. The molecule has 0 aromatic heterocycles. The van der Waals surface area contributed by atoms with E-state index in [0.717, 1.165) is 12.8 Å². The van der Waals surface area contributed by atoms with E-state index in [9.17, 15) is 19.6 Å². The van der Waals surface area contributed by atoms with Gasteiger partial charge in [-0.25, -0.2) is 9.59 Å². The van der Waals surface area contributed by atoms with Crippen molar-refractivity contribution in [3.8, 4) is 6.07 Å². The maximum absolute atomic E-state index is 13.4. The Bertz CT molecular complexity index is 1300. The van der Waals surface area contributed by atoms with E-state index in [1.165, 1.54) is 19.1 Å². The standard InChI is InChI=1S/C27H26N4O5/c1-35-26(33)22-21(17-10-4-3-5-11-17)19(16-28)24(29)31(23(22)27(34)36-2)20-13-7-6-12-18(20)25(32)30-14-8-9-15-30/h3-7,10-13,21H,8-9,14-15,29H2,1-2H3. The van der Waals surface area contributed by atoms with Gasteiger partial charge in [0, 0.05) is 13.1 Å². The Morgan fingerprint density at radius 3 is 2.17 bits per heavy atom. The number of likely N-dealkylation sites (tertiary alicyclic amines) is 1. The van der Waals surface area contributed by atoms with E-state index >= 15 is 0 Å². The van der Waals surface area contributed by atoms with Crippen LogP contribution in [0.5, 0.6) is 0 Å². The van der Waals surface area contributed by atoms with Crippen LogP contribution in [0.3, 0.4) is 0 Å². The molecule has 2 aliphatic rings. The molecule has 36 heavy (non-hydrogen) atoms. The molecule has 2 heterocycles. The molecule has 9 nitrogen and oxygen atoms in total. The molecule has 0 saturated carbocycles. The summed E-state index contributed by atoms with van der Waals surface area (Å²) in [6, 6.07) is 17.5. The Morgan fingerprint density at radius 2 is 1.56 bits per heavy atom. The highest BCUT2D eigenvalue weighted by atomic mass is 16.5. The minimum Gasteiger partial charge on any atom is -0.466 e. The molecule has 1 fully saturated rings. The molecule has 1 amide bonds. The molecule has 1 saturated heterocycles. The van der Waals surface area contributed by atoms with Gasteiger partial charge in [-0.2, -0.15) is 5.26 Å². The maximum Gasteiger partial charge on any atom is 0.355 e. The number of hydrogen-bond acceptors (Lipinski definition) is 8. The van der Waals surface area contributed by atoms with Gasteiger partial charge in [-0.05, 0) is 30.5 Å². The van der Waals surface area contributed by atoms with Crippen molar-refractivity contribution in [3.63, 3.8) is 0 Å². The van der Waals surface area contributed by atoms with Crippen molar-refractivity contribution in [2.75, 3.05) is 32.2 Å². The topological polar surface area (TPSA) is 126 Å². The highest BCUT2D eigenvalue weighted by molar-refractivity contribution is 6.08. The Balaban J connectivity index is 2.02. The number of hydrogen-bond donors (Lipinski definition) is 1. The summed E-state index contributed by atoms with van der Waals surface area (Å²) in [6.07, 6.45) is 1.80. The van der Waals surface area contributed by atoms with Crippen LogP contribution in [0.1, 0.15) is 34.7 Å². The van der Waals surface area contributed by atoms with Gasteiger partial charge in [-0.3, -0.25) is 9.69 Å². The van der Waals surface area contributed by atoms with Crippen LogP contribution in [-0.4, -0.2) is 50.1 Å². The SMILES string of the molecule is COC(=O)C1=C(C(=O)OC)N(c2ccccc2C(=O)N2CCCC2)C(N)=C(C#N)C1c1ccccc1. The molecule has 9 heteroatoms. The van der Waals surface area contributed by atoms with Gasteiger partial charge in [-0.1, -0.05) is 42.5 Å². The summed E-state index contributed by atoms with van der Waals surface area (Å²) in [6.45, 7) is 1.23. The first kappa shape index (κ1) is 24.5. The lowest BCUT2D eigenvalue weighted by molar-refractivity contribution is -0.139. The molecule has 0 aliphatic carbocycles. The van der Waals surface area contributed by atoms with E-state index in [1.807, 2.05) is 0 Å². The van der Waals surface area contributed by atoms with E-state index in [0.29, 0.717) is 18.7 Å². The molecule has 0 spiro atoms. The number of para-hydroxylation sites is 1. The van der Waals surface area contributed by atoms with Gasteiger partial charge in [0.2, 0.25) is 0 Å². The average Bonchev–Trinajstić information content (AvgIpc) is 3.46. The number of allylic oxidation sites excluding steroid dienone is 1. The average molecular weight is 487 g/mol. The Morgan fingerprint density at radius 1 is 0.944 bits per heavy atom. The zero-order chi connectivity index (χ0) is 25.8. The van der Waals surface area contributed by atoms with Crippen LogP contribution in [0.4, 0.5) is 5.69 Å². The number of nitrogens with two attached hydrogens (primary N) is 1. The fourth-order valence-electron chi connectivity index (χ4n) is 4.70. The number of anilines is 1. The molecule has 184 valence electrons. The number of benzene rings is 2. The predicted molar refractivity (Wildman–Crippen MR) is 131 cm³/mol. The number of rotatable bonds is 5. The van der Waals surface area contributed by atoms with E-state index in [4.69, 9.17) is 15.2 Å². The molecule has 4 rings (SSSR count). The van der Waals surface area contributed by atoms with Crippen molar-refractivity contribution in [1.29, 1.82) is 5.26 Å². The summed E-state index contributed by atoms with van der Waals surface area (Å²) in [5.41, 5.74) is 7.40. The van der Waals surface area contributed by atoms with Gasteiger partial charge in [-0.15, -0.1) is 0 Å². The van der Waals surface area contributed by atoms with Crippen LogP contribution in [0.2, 0.25) is 0 Å². The van der Waals surface area contributed by atoms with Crippen molar-refractivity contribution < 1.29 is 23.9 Å². The third kappa shape index (κ3) is 4.18. The number of ether oxygens (including phenoxy) is 2. The summed E-state index contributed by atoms with van der Waals surface area (Å²) < 4.78 is 10.1. The lowest BCUT2D eigenvalue weighted by atomic mass is 9.80. The number of amides is 1. The van der Waals surface area contributed by atoms with E-state index in [1.54, 1.807) is 59.5 Å². The lowest BCUT2D eigenvalue weighted by Crippen LogP contribution is -2.41. The lowest BCUT2D eigenvalue weighted by Gasteiger charge is -2.36. The normalized spacial score (nSPS) is 17.6. The molecule has 0 bridgehead atoms. The largest absolute Gasteiger partial charge is 0.466 e. The highest BCUT2D eigenvalue weighted by Gasteiger charge is 2.43. The van der Waals surface area contributed by atoms with Crippen molar-refractivity contribution in [1.82, 2.24) is 4.90 Å². The minimum atomic E-state index is -0.976. The number of nitrogens with zero attached hydrogens (tertiary/aromatic N) is 3. The molecule has 2 aliphatic heterocycles. The molecule has 2 N–H and O–H groups in total. The third-order valence-electron chi connectivity index (χ3n) is 6.38. The van der Waals surface area contributed by atoms with Crippen LogP contribution in [0, 0.1) is 11.3 Å². The third-order valence-corrected chi connectivity index (χ3v) is 6.38. The van der Waals surface area contributed by atoms with Gasteiger partial charge in [0.05, 0.1) is 48.6 Å². The highest BCUT2D eigenvalue weighted by Crippen LogP contribution is 2.44. The fraction of sp³-hybridized carbons (Fsp3) is 0.259. The first-order valence-corrected chi connectivity index (χ1v) is 11.5. The summed E-state index contributed by atoms with van der Waals surface area (Å²) in [5.74, 6) is -2.97.